The van der Waals surface area contributed by atoms with Gasteiger partial charge in [-0.2, -0.15) is 0 Å². The van der Waals surface area contributed by atoms with Crippen molar-refractivity contribution in [3.05, 3.63) is 6.92 Å². The van der Waals surface area contributed by atoms with Gasteiger partial charge >= 0.3 is 0 Å². The van der Waals surface area contributed by atoms with Crippen LogP contribution in [0.25, 0.3) is 0 Å². The Hall–Kier alpha value is 0.310. The van der Waals surface area contributed by atoms with Crippen LogP contribution in [0.3, 0.4) is 0 Å². The van der Waals surface area contributed by atoms with Gasteiger partial charge in [0.05, 0.1) is 6.61 Å². The molecule has 0 saturated carbocycles. The summed E-state index contributed by atoms with van der Waals surface area (Å²) in [6, 6.07) is 0. The first-order valence-corrected chi connectivity index (χ1v) is 3.01. The normalized spacial score (nSPS) is 9.00. The van der Waals surface area contributed by atoms with E-state index in [-0.39, 0.29) is 0 Å². The van der Waals surface area contributed by atoms with E-state index in [4.69, 9.17) is 4.18 Å². The predicted octanol–water partition coefficient (Wildman–Crippen LogP) is 1.51. The second-order valence-electron chi connectivity index (χ2n) is 0.842. The molecule has 0 bridgehead atoms. The predicted molar refractivity (Wildman–Crippen MR) is 29.4 cm³/mol. The van der Waals surface area contributed by atoms with Gasteiger partial charge in [-0.1, -0.05) is 6.92 Å². The van der Waals surface area contributed by atoms with Gasteiger partial charge in [0.1, 0.15) is 0 Å². The van der Waals surface area contributed by atoms with Crippen LogP contribution in [0.15, 0.2) is 0 Å². The van der Waals surface area contributed by atoms with E-state index in [1.807, 2.05) is 6.26 Å². The van der Waals surface area contributed by atoms with Crippen molar-refractivity contribution in [1.82, 2.24) is 0 Å². The first-order chi connectivity index (χ1) is 2.91. The molecule has 0 aromatic carbocycles. The molecule has 0 aliphatic carbocycles. The lowest BCUT2D eigenvalue weighted by molar-refractivity contribution is 0.384. The van der Waals surface area contributed by atoms with Crippen molar-refractivity contribution in [1.29, 1.82) is 0 Å². The molecule has 0 aliphatic heterocycles. The molecule has 0 unspecified atom stereocenters. The zero-order valence-electron chi connectivity index (χ0n) is 3.94. The molecule has 0 rings (SSSR count). The van der Waals surface area contributed by atoms with E-state index in [0.717, 1.165) is 13.0 Å². The van der Waals surface area contributed by atoms with Gasteiger partial charge < -0.3 is 4.18 Å². The number of hydrogen-bond acceptors (Lipinski definition) is 2. The molecular formula is C4H9OS. The van der Waals surface area contributed by atoms with Gasteiger partial charge in [0.25, 0.3) is 0 Å². The smallest absolute Gasteiger partial charge is 0.0613 e. The summed E-state index contributed by atoms with van der Waals surface area (Å²) >= 11 is 1.39. The molecule has 0 heterocycles. The van der Waals surface area contributed by atoms with Crippen molar-refractivity contribution in [3.63, 3.8) is 0 Å². The van der Waals surface area contributed by atoms with E-state index in [1.165, 1.54) is 12.0 Å². The van der Waals surface area contributed by atoms with Crippen LogP contribution in [-0.2, 0) is 4.18 Å². The van der Waals surface area contributed by atoms with Crippen LogP contribution >= 0.6 is 12.0 Å². The standard InChI is InChI=1S/C4H9OS/c1-3-4-5-6-2/h1,3-4H2,2H3. The van der Waals surface area contributed by atoms with Crippen LogP contribution in [0.2, 0.25) is 0 Å². The van der Waals surface area contributed by atoms with E-state index < -0.39 is 0 Å². The SMILES string of the molecule is [CH2]CCOSC. The highest BCUT2D eigenvalue weighted by Gasteiger charge is 1.74. The average Bonchev–Trinajstić information content (AvgIpc) is 1.61. The minimum atomic E-state index is 0.765. The Morgan fingerprint density at radius 3 is 2.67 bits per heavy atom. The van der Waals surface area contributed by atoms with Gasteiger partial charge in [0.2, 0.25) is 0 Å². The molecule has 0 N–H and O–H groups in total. The summed E-state index contributed by atoms with van der Waals surface area (Å²) in [5.74, 6) is 0. The van der Waals surface area contributed by atoms with Crippen LogP contribution in [0.5, 0.6) is 0 Å². The summed E-state index contributed by atoms with van der Waals surface area (Å²) < 4.78 is 4.84. The lowest BCUT2D eigenvalue weighted by Gasteiger charge is -1.89. The van der Waals surface area contributed by atoms with Crippen LogP contribution in [0.4, 0.5) is 0 Å². The lowest BCUT2D eigenvalue weighted by Crippen LogP contribution is -1.78. The molecule has 0 aromatic rings. The molecular weight excluding hydrogens is 96.1 g/mol. The third kappa shape index (κ3) is 4.31. The molecule has 0 saturated heterocycles. The van der Waals surface area contributed by atoms with Crippen molar-refractivity contribution in [2.45, 2.75) is 6.42 Å². The van der Waals surface area contributed by atoms with Crippen molar-refractivity contribution in [2.24, 2.45) is 0 Å². The van der Waals surface area contributed by atoms with E-state index in [9.17, 15) is 0 Å². The highest BCUT2D eigenvalue weighted by molar-refractivity contribution is 7.93. The largest absolute Gasteiger partial charge is 0.316 e. The molecule has 0 aliphatic rings. The van der Waals surface area contributed by atoms with Gasteiger partial charge in [-0.3, -0.25) is 0 Å². The van der Waals surface area contributed by atoms with E-state index >= 15 is 0 Å². The van der Waals surface area contributed by atoms with E-state index in [2.05, 4.69) is 6.92 Å². The minimum Gasteiger partial charge on any atom is -0.316 e. The van der Waals surface area contributed by atoms with Gasteiger partial charge in [0, 0.05) is 6.26 Å². The van der Waals surface area contributed by atoms with Gasteiger partial charge in [-0.15, -0.1) is 0 Å². The maximum atomic E-state index is 4.84. The highest BCUT2D eigenvalue weighted by Crippen LogP contribution is 1.93. The Labute approximate surface area is 43.3 Å². The molecule has 2 heteroatoms. The molecule has 0 atom stereocenters. The quantitative estimate of drug-likeness (QED) is 0.397. The Balaban J connectivity index is 2.34. The first kappa shape index (κ1) is 6.31. The minimum absolute atomic E-state index is 0.765. The Kier molecular flexibility index (Phi) is 5.58. The lowest BCUT2D eigenvalue weighted by atomic mass is 10.5. The second-order valence-corrected chi connectivity index (χ2v) is 1.41. The van der Waals surface area contributed by atoms with Gasteiger partial charge in [0.15, 0.2) is 0 Å². The summed E-state index contributed by atoms with van der Waals surface area (Å²) in [5.41, 5.74) is 0. The maximum absolute atomic E-state index is 4.84. The Morgan fingerprint density at radius 1 is 1.83 bits per heavy atom. The first-order valence-electron chi connectivity index (χ1n) is 1.86. The van der Waals surface area contributed by atoms with Crippen LogP contribution in [-0.4, -0.2) is 12.9 Å². The van der Waals surface area contributed by atoms with Crippen LogP contribution in [0.1, 0.15) is 6.42 Å². The molecule has 6 heavy (non-hydrogen) atoms. The molecule has 0 aromatic heterocycles. The molecule has 0 spiro atoms. The molecule has 37 valence electrons. The number of hydrogen-bond donors (Lipinski definition) is 0. The van der Waals surface area contributed by atoms with Crippen molar-refractivity contribution in [2.75, 3.05) is 12.9 Å². The van der Waals surface area contributed by atoms with Crippen LogP contribution in [0, 0.1) is 6.92 Å². The van der Waals surface area contributed by atoms with E-state index in [1.54, 1.807) is 0 Å². The zero-order chi connectivity index (χ0) is 4.83. The van der Waals surface area contributed by atoms with Gasteiger partial charge in [-0.05, 0) is 18.5 Å². The average molecular weight is 105 g/mol. The monoisotopic (exact) mass is 105 g/mol. The molecule has 1 nitrogen and oxygen atoms in total. The molecule has 0 fully saturated rings. The summed E-state index contributed by atoms with van der Waals surface area (Å²) in [4.78, 5) is 0. The van der Waals surface area contributed by atoms with Crippen molar-refractivity contribution in [3.8, 4) is 0 Å². The summed E-state index contributed by atoms with van der Waals surface area (Å²) in [6.07, 6.45) is 2.76. The summed E-state index contributed by atoms with van der Waals surface area (Å²) in [7, 11) is 0. The summed E-state index contributed by atoms with van der Waals surface area (Å²) in [5, 5.41) is 0. The molecule has 0 amide bonds. The zero-order valence-corrected chi connectivity index (χ0v) is 4.75. The molecule has 1 radical (unpaired) electrons. The maximum Gasteiger partial charge on any atom is 0.0613 e. The van der Waals surface area contributed by atoms with Crippen LogP contribution < -0.4 is 0 Å². The fourth-order valence-corrected chi connectivity index (χ4v) is 0.427. The highest BCUT2D eigenvalue weighted by atomic mass is 32.2. The Morgan fingerprint density at radius 2 is 2.50 bits per heavy atom. The Bertz CT molecular complexity index is 19.5. The second kappa shape index (κ2) is 5.31. The fourth-order valence-electron chi connectivity index (χ4n) is 0.142. The van der Waals surface area contributed by atoms with Crippen molar-refractivity contribution >= 4 is 12.0 Å². The summed E-state index contributed by atoms with van der Waals surface area (Å²) in [6.45, 7) is 4.35. The third-order valence-electron chi connectivity index (χ3n) is 0.346. The van der Waals surface area contributed by atoms with Gasteiger partial charge in [-0.25, -0.2) is 0 Å². The third-order valence-corrected chi connectivity index (χ3v) is 0.748. The van der Waals surface area contributed by atoms with Crippen molar-refractivity contribution < 1.29 is 4.18 Å². The fraction of sp³-hybridized carbons (Fsp3) is 0.750. The topological polar surface area (TPSA) is 9.23 Å². The van der Waals surface area contributed by atoms with E-state index in [0.29, 0.717) is 0 Å². The number of rotatable bonds is 3.